The van der Waals surface area contributed by atoms with E-state index in [1.54, 1.807) is 41.1 Å². The Kier molecular flexibility index (Phi) is 24.4. The van der Waals surface area contributed by atoms with Crippen molar-refractivity contribution in [3.8, 4) is 0 Å². The molecule has 0 aromatic rings. The fraction of sp³-hybridized carbons (Fsp3) is 0.764. The van der Waals surface area contributed by atoms with Gasteiger partial charge in [0, 0.05) is 65.1 Å². The Morgan fingerprint density at radius 1 is 0.889 bits per heavy atom. The number of allylic oxidation sites excluding steroid dienone is 6. The third-order valence-corrected chi connectivity index (χ3v) is 16.6. The first-order valence-electron chi connectivity index (χ1n) is 26.4. The van der Waals surface area contributed by atoms with Crippen molar-refractivity contribution in [2.45, 2.75) is 193 Å². The molecule has 4 aliphatic rings. The summed E-state index contributed by atoms with van der Waals surface area (Å²) in [4.78, 5) is 72.4. The molecule has 0 radical (unpaired) electrons. The van der Waals surface area contributed by atoms with Gasteiger partial charge in [0.25, 0.3) is 11.7 Å². The minimum atomic E-state index is -3.33. The topological polar surface area (TPSA) is 211 Å². The quantitative estimate of drug-likeness (QED) is 0.113. The van der Waals surface area contributed by atoms with E-state index >= 15 is 0 Å². The summed E-state index contributed by atoms with van der Waals surface area (Å²) in [5.74, 6) is -8.22. The number of ketones is 3. The number of amides is 1. The lowest BCUT2D eigenvalue weighted by Gasteiger charge is -2.42. The Morgan fingerprint density at radius 2 is 1.61 bits per heavy atom. The summed E-state index contributed by atoms with van der Waals surface area (Å²) in [6.07, 6.45) is 11.6. The van der Waals surface area contributed by atoms with E-state index in [1.807, 2.05) is 65.0 Å². The number of esters is 1. The van der Waals surface area contributed by atoms with Crippen LogP contribution in [0.5, 0.6) is 0 Å². The van der Waals surface area contributed by atoms with Crippen LogP contribution < -0.4 is 0 Å². The maximum absolute atomic E-state index is 14.5. The fourth-order valence-electron chi connectivity index (χ4n) is 10.8. The van der Waals surface area contributed by atoms with Gasteiger partial charge >= 0.3 is 13.6 Å². The first kappa shape index (κ1) is 61.4. The molecule has 3 fully saturated rings. The number of methoxy groups -OCH3 is 3. The molecule has 3 aliphatic heterocycles. The van der Waals surface area contributed by atoms with Crippen molar-refractivity contribution >= 4 is 36.8 Å². The second kappa shape index (κ2) is 28.6. The van der Waals surface area contributed by atoms with Gasteiger partial charge in [-0.3, -0.25) is 23.7 Å². The summed E-state index contributed by atoms with van der Waals surface area (Å²) in [6.45, 7) is 16.4. The Bertz CT molecular complexity index is 2000. The van der Waals surface area contributed by atoms with Gasteiger partial charge in [0.2, 0.25) is 5.79 Å². The van der Waals surface area contributed by atoms with E-state index in [0.29, 0.717) is 82.8 Å². The number of aliphatic hydroxyl groups excluding tert-OH is 1. The zero-order valence-electron chi connectivity index (χ0n) is 45.2. The van der Waals surface area contributed by atoms with Gasteiger partial charge in [-0.05, 0) is 113 Å². The third kappa shape index (κ3) is 16.9. The van der Waals surface area contributed by atoms with Crippen molar-refractivity contribution < 1.29 is 71.5 Å². The van der Waals surface area contributed by atoms with E-state index in [0.717, 1.165) is 5.57 Å². The predicted molar refractivity (Wildman–Crippen MR) is 274 cm³/mol. The van der Waals surface area contributed by atoms with Crippen LogP contribution in [0.4, 0.5) is 0 Å². The molecule has 1 aliphatic carbocycles. The van der Waals surface area contributed by atoms with Gasteiger partial charge in [-0.25, -0.2) is 4.79 Å². The standard InChI is InChI=1S/C55H88NO15P/c1-13-27-68-72(12,64)71-45-25-23-41(31-48(45)66-10)30-37(5)47-33-44(57)36(4)29-39(7)50(59)51(67-11)49(58)38(6)28-34(2)19-15-14-16-20-35(3)46(65-9)32-42-24-22-40(8)55(63,70-42)52(60)53(61)56-26-18-17-21-43(56)54(62)69-47/h14-16,19-20,29,34,37-43,45-48,50-51,59,63H,13,17-18,21-28,30-33H2,1-12H3/t34-,37-,38-,39?,40-,41+,42+,43?,45-,46+,47+,48-,50-,51+,55-,72?/m1/s1. The molecule has 4 rings (SSSR count). The molecule has 408 valence electrons. The number of carbonyl (C=O) groups is 5. The van der Waals surface area contributed by atoms with Crippen molar-refractivity contribution in [1.82, 2.24) is 4.90 Å². The van der Waals surface area contributed by atoms with Gasteiger partial charge in [-0.2, -0.15) is 0 Å². The van der Waals surface area contributed by atoms with Gasteiger partial charge in [-0.15, -0.1) is 0 Å². The molecule has 3 heterocycles. The zero-order chi connectivity index (χ0) is 53.5. The third-order valence-electron chi connectivity index (χ3n) is 15.3. The first-order chi connectivity index (χ1) is 34.0. The minimum Gasteiger partial charge on any atom is -0.460 e. The first-order valence-corrected chi connectivity index (χ1v) is 28.4. The molecule has 72 heavy (non-hydrogen) atoms. The molecule has 3 unspecified atom stereocenters. The molecular formula is C55H88NO15P. The predicted octanol–water partition coefficient (Wildman–Crippen LogP) is 8.45. The lowest BCUT2D eigenvalue weighted by Crippen LogP contribution is -2.61. The molecule has 17 heteroatoms. The number of ether oxygens (including phenoxy) is 5. The molecular weight excluding hydrogens is 946 g/mol. The Balaban J connectivity index is 1.69. The van der Waals surface area contributed by atoms with Crippen LogP contribution in [-0.4, -0.2) is 140 Å². The maximum Gasteiger partial charge on any atom is 0.329 e. The fourth-order valence-corrected chi connectivity index (χ4v) is 12.1. The van der Waals surface area contributed by atoms with E-state index < -0.39 is 103 Å². The van der Waals surface area contributed by atoms with Crippen molar-refractivity contribution in [2.75, 3.05) is 41.1 Å². The van der Waals surface area contributed by atoms with Crippen LogP contribution in [0.2, 0.25) is 0 Å². The number of Topliss-reactive ketones (excluding diaryl/α,β-unsaturated/α-hetero) is 3. The number of nitrogens with zero attached hydrogens (tertiary/aromatic N) is 1. The highest BCUT2D eigenvalue weighted by Crippen LogP contribution is 2.49. The Morgan fingerprint density at radius 3 is 2.28 bits per heavy atom. The van der Waals surface area contributed by atoms with Gasteiger partial charge in [0.1, 0.15) is 18.2 Å². The normalized spacial score (nSPS) is 36.2. The molecule has 2 N–H and O–H groups in total. The lowest BCUT2D eigenvalue weighted by molar-refractivity contribution is -0.265. The number of rotatable bonds is 11. The zero-order valence-corrected chi connectivity index (χ0v) is 46.1. The van der Waals surface area contributed by atoms with Crippen LogP contribution in [0, 0.1) is 35.5 Å². The van der Waals surface area contributed by atoms with Gasteiger partial charge < -0.3 is 47.8 Å². The minimum absolute atomic E-state index is 0.00915. The highest BCUT2D eigenvalue weighted by Gasteiger charge is 2.53. The van der Waals surface area contributed by atoms with E-state index in [-0.39, 0.29) is 42.8 Å². The second-order valence-corrected chi connectivity index (χ2v) is 23.3. The summed E-state index contributed by atoms with van der Waals surface area (Å²) in [5.41, 5.74) is 1.17. The van der Waals surface area contributed by atoms with Crippen LogP contribution in [0.15, 0.2) is 47.6 Å². The summed E-state index contributed by atoms with van der Waals surface area (Å²) < 4.78 is 54.4. The Labute approximate surface area is 429 Å². The Hall–Kier alpha value is -3.18. The van der Waals surface area contributed by atoms with Crippen molar-refractivity contribution in [3.63, 3.8) is 0 Å². The molecule has 2 bridgehead atoms. The molecule has 16 nitrogen and oxygen atoms in total. The molecule has 1 saturated carbocycles. The summed E-state index contributed by atoms with van der Waals surface area (Å²) >= 11 is 0. The number of hydrogen-bond donors (Lipinski definition) is 2. The van der Waals surface area contributed by atoms with Crippen molar-refractivity contribution in [3.05, 3.63) is 47.6 Å². The number of aliphatic hydroxyl groups is 2. The monoisotopic (exact) mass is 1030 g/mol. The average Bonchev–Trinajstić information content (AvgIpc) is 3.35. The number of fused-ring (bicyclic) bond motifs is 3. The van der Waals surface area contributed by atoms with Crippen LogP contribution in [0.25, 0.3) is 0 Å². The molecule has 16 atom stereocenters. The molecule has 0 aromatic heterocycles. The highest BCUT2D eigenvalue weighted by molar-refractivity contribution is 7.53. The average molecular weight is 1030 g/mol. The SMILES string of the molecule is CCCOP(C)(=O)O[C@@H]1CC[C@@H](C[C@@H](C)[C@@H]2CC(=O)C(C)=CC(C)[C@@H](O)[C@@H](OC)C(=O)[C@H](C)C[C@H](C)C=CC=CC=C(C)[C@@H](OC)C[C@@H]3CC[C@@H](C)[C@@](O)(O3)C(=O)C(=O)N3CCCCC3C(=O)O2)C[C@H]1OC. The van der Waals surface area contributed by atoms with Crippen molar-refractivity contribution in [1.29, 1.82) is 0 Å². The van der Waals surface area contributed by atoms with Gasteiger partial charge in [-0.1, -0.05) is 78.0 Å². The summed E-state index contributed by atoms with van der Waals surface area (Å²) in [5, 5.41) is 23.5. The molecule has 2 saturated heterocycles. The van der Waals surface area contributed by atoms with E-state index in [2.05, 4.69) is 0 Å². The van der Waals surface area contributed by atoms with Crippen LogP contribution in [-0.2, 0) is 61.3 Å². The largest absolute Gasteiger partial charge is 0.460 e. The van der Waals surface area contributed by atoms with E-state index in [1.165, 1.54) is 18.7 Å². The van der Waals surface area contributed by atoms with Crippen LogP contribution in [0.3, 0.4) is 0 Å². The summed E-state index contributed by atoms with van der Waals surface area (Å²) in [7, 11) is 1.20. The number of cyclic esters (lactones) is 1. The molecule has 0 spiro atoms. The maximum atomic E-state index is 14.5. The van der Waals surface area contributed by atoms with Crippen LogP contribution in [0.1, 0.15) is 139 Å². The second-order valence-electron chi connectivity index (χ2n) is 21.3. The van der Waals surface area contributed by atoms with Crippen LogP contribution >= 0.6 is 7.60 Å². The summed E-state index contributed by atoms with van der Waals surface area (Å²) in [6, 6.07) is -1.17. The number of carbonyl (C=O) groups excluding carboxylic acids is 5. The van der Waals surface area contributed by atoms with Gasteiger partial charge in [0.15, 0.2) is 11.6 Å². The van der Waals surface area contributed by atoms with Crippen molar-refractivity contribution in [2.24, 2.45) is 35.5 Å². The van der Waals surface area contributed by atoms with E-state index in [4.69, 9.17) is 32.7 Å². The number of hydrogen-bond acceptors (Lipinski definition) is 15. The molecule has 0 aromatic carbocycles. The smallest absolute Gasteiger partial charge is 0.329 e. The van der Waals surface area contributed by atoms with Gasteiger partial charge in [0.05, 0.1) is 37.1 Å². The van der Waals surface area contributed by atoms with E-state index in [9.17, 15) is 38.8 Å². The number of piperidine rings is 1. The highest BCUT2D eigenvalue weighted by atomic mass is 31.2. The lowest BCUT2D eigenvalue weighted by atomic mass is 9.78. The molecule has 1 amide bonds.